The molecule has 0 aliphatic carbocycles. The van der Waals surface area contributed by atoms with E-state index in [1.165, 1.54) is 0 Å². The first-order valence-corrected chi connectivity index (χ1v) is 9.46. The zero-order chi connectivity index (χ0) is 20.2. The zero-order valence-electron chi connectivity index (χ0n) is 15.0. The summed E-state index contributed by atoms with van der Waals surface area (Å²) in [6, 6.07) is 18.0. The number of carbonyl (C=O) groups is 1. The molecule has 1 amide bonds. The number of carbonyl (C=O) groups excluding carboxylic acids is 1. The maximum Gasteiger partial charge on any atom is 0.272 e. The van der Waals surface area contributed by atoms with E-state index in [0.29, 0.717) is 26.8 Å². The number of amides is 1. The van der Waals surface area contributed by atoms with Gasteiger partial charge in [0.2, 0.25) is 0 Å². The van der Waals surface area contributed by atoms with Gasteiger partial charge in [-0.05, 0) is 42.0 Å². The van der Waals surface area contributed by atoms with Crippen LogP contribution in [0, 0.1) is 0 Å². The first-order chi connectivity index (χ1) is 14.1. The van der Waals surface area contributed by atoms with Crippen LogP contribution in [-0.2, 0) is 0 Å². The topological polar surface area (TPSA) is 67.2 Å². The van der Waals surface area contributed by atoms with E-state index in [2.05, 4.69) is 20.5 Å². The van der Waals surface area contributed by atoms with Crippen molar-refractivity contribution in [1.29, 1.82) is 0 Å². The van der Waals surface area contributed by atoms with Crippen LogP contribution >= 0.6 is 23.2 Å². The first-order valence-electron chi connectivity index (χ1n) is 8.70. The van der Waals surface area contributed by atoms with Gasteiger partial charge >= 0.3 is 0 Å². The van der Waals surface area contributed by atoms with Crippen LogP contribution in [0.4, 0.5) is 0 Å². The van der Waals surface area contributed by atoms with E-state index in [-0.39, 0.29) is 5.91 Å². The van der Waals surface area contributed by atoms with Crippen LogP contribution < -0.4 is 5.43 Å². The Kier molecular flexibility index (Phi) is 5.51. The number of hydrogen-bond donors (Lipinski definition) is 1. The Hall–Kier alpha value is -3.28. The number of rotatable bonds is 4. The molecule has 0 spiro atoms. The van der Waals surface area contributed by atoms with Crippen LogP contribution in [-0.4, -0.2) is 22.1 Å². The number of hydrazone groups is 1. The molecule has 1 N–H and O–H groups in total. The zero-order valence-corrected chi connectivity index (χ0v) is 16.5. The summed E-state index contributed by atoms with van der Waals surface area (Å²) in [7, 11) is 0. The number of para-hydroxylation sites is 1. The van der Waals surface area contributed by atoms with Crippen molar-refractivity contribution < 1.29 is 4.79 Å². The number of fused-ring (bicyclic) bond motifs is 1. The van der Waals surface area contributed by atoms with Crippen molar-refractivity contribution >= 4 is 46.2 Å². The van der Waals surface area contributed by atoms with Crippen molar-refractivity contribution in [3.05, 3.63) is 94.2 Å². The van der Waals surface area contributed by atoms with Crippen LogP contribution in [0.15, 0.2) is 78.2 Å². The van der Waals surface area contributed by atoms with E-state index >= 15 is 0 Å². The largest absolute Gasteiger partial charge is 0.272 e. The average molecular weight is 421 g/mol. The average Bonchev–Trinajstić information content (AvgIpc) is 2.75. The van der Waals surface area contributed by atoms with Gasteiger partial charge in [0.25, 0.3) is 5.91 Å². The number of benzene rings is 2. The van der Waals surface area contributed by atoms with Gasteiger partial charge in [0, 0.05) is 23.3 Å². The fraction of sp³-hybridized carbons (Fsp3) is 0. The van der Waals surface area contributed by atoms with E-state index in [1.54, 1.807) is 48.9 Å². The smallest absolute Gasteiger partial charge is 0.267 e. The van der Waals surface area contributed by atoms with Crippen molar-refractivity contribution in [2.24, 2.45) is 5.10 Å². The van der Waals surface area contributed by atoms with Crippen LogP contribution in [0.3, 0.4) is 0 Å². The molecule has 0 radical (unpaired) electrons. The quantitative estimate of drug-likeness (QED) is 0.356. The minimum Gasteiger partial charge on any atom is -0.267 e. The second-order valence-corrected chi connectivity index (χ2v) is 7.00. The summed E-state index contributed by atoms with van der Waals surface area (Å²) < 4.78 is 0. The van der Waals surface area contributed by atoms with Crippen LogP contribution in [0.5, 0.6) is 0 Å². The second kappa shape index (κ2) is 8.39. The molecule has 2 heterocycles. The molecule has 0 fully saturated rings. The highest BCUT2D eigenvalue weighted by Crippen LogP contribution is 2.30. The normalized spacial score (nSPS) is 11.1. The standard InChI is InChI=1S/C22H14Cl2N4O/c23-18-6-5-15(11-19(18)24)21-12-17(16-3-1-2-4-20(16)27-21)22(29)28-26-13-14-7-9-25-10-8-14/h1-13H,(H,28,29)/b26-13+. The molecular weight excluding hydrogens is 407 g/mol. The van der Waals surface area contributed by atoms with Gasteiger partial charge in [-0.1, -0.05) is 47.5 Å². The summed E-state index contributed by atoms with van der Waals surface area (Å²) in [6.45, 7) is 0. The Morgan fingerprint density at radius 3 is 2.55 bits per heavy atom. The fourth-order valence-corrected chi connectivity index (χ4v) is 3.14. The Labute approximate surface area is 177 Å². The predicted octanol–water partition coefficient (Wildman–Crippen LogP) is 5.37. The minimum absolute atomic E-state index is 0.338. The van der Waals surface area contributed by atoms with Crippen molar-refractivity contribution in [3.8, 4) is 11.3 Å². The Balaban J connectivity index is 1.71. The lowest BCUT2D eigenvalue weighted by Gasteiger charge is -2.09. The number of aromatic nitrogens is 2. The van der Waals surface area contributed by atoms with Gasteiger partial charge in [0.1, 0.15) is 0 Å². The second-order valence-electron chi connectivity index (χ2n) is 6.18. The maximum atomic E-state index is 12.8. The van der Waals surface area contributed by atoms with E-state index in [9.17, 15) is 4.79 Å². The summed E-state index contributed by atoms with van der Waals surface area (Å²) >= 11 is 12.2. The van der Waals surface area contributed by atoms with Crippen molar-refractivity contribution in [2.45, 2.75) is 0 Å². The number of nitrogens with zero attached hydrogens (tertiary/aromatic N) is 3. The molecule has 0 bridgehead atoms. The lowest BCUT2D eigenvalue weighted by Crippen LogP contribution is -2.18. The molecule has 142 valence electrons. The van der Waals surface area contributed by atoms with Gasteiger partial charge in [-0.25, -0.2) is 10.4 Å². The van der Waals surface area contributed by atoms with E-state index in [0.717, 1.165) is 16.5 Å². The molecular formula is C22H14Cl2N4O. The lowest BCUT2D eigenvalue weighted by molar-refractivity contribution is 0.0957. The summed E-state index contributed by atoms with van der Waals surface area (Å²) in [6.07, 6.45) is 4.87. The molecule has 2 aromatic heterocycles. The predicted molar refractivity (Wildman–Crippen MR) is 116 cm³/mol. The van der Waals surface area contributed by atoms with Crippen LogP contribution in [0.25, 0.3) is 22.2 Å². The first kappa shape index (κ1) is 19.1. The lowest BCUT2D eigenvalue weighted by atomic mass is 10.0. The van der Waals surface area contributed by atoms with Gasteiger partial charge in [0.15, 0.2) is 0 Å². The summed E-state index contributed by atoms with van der Waals surface area (Å²) in [5, 5.41) is 5.65. The number of nitrogens with one attached hydrogen (secondary N) is 1. The maximum absolute atomic E-state index is 12.8. The molecule has 2 aromatic carbocycles. The van der Waals surface area contributed by atoms with Crippen molar-refractivity contribution in [3.63, 3.8) is 0 Å². The van der Waals surface area contributed by atoms with Crippen molar-refractivity contribution in [2.75, 3.05) is 0 Å². The number of halogens is 2. The summed E-state index contributed by atoms with van der Waals surface area (Å²) in [4.78, 5) is 21.4. The molecule has 0 saturated carbocycles. The molecule has 0 aliphatic rings. The molecule has 0 saturated heterocycles. The molecule has 29 heavy (non-hydrogen) atoms. The summed E-state index contributed by atoms with van der Waals surface area (Å²) in [5.74, 6) is -0.338. The Morgan fingerprint density at radius 2 is 1.76 bits per heavy atom. The van der Waals surface area contributed by atoms with Crippen molar-refractivity contribution in [1.82, 2.24) is 15.4 Å². The monoisotopic (exact) mass is 420 g/mol. The third kappa shape index (κ3) is 4.26. The van der Waals surface area contributed by atoms with Gasteiger partial charge < -0.3 is 0 Å². The third-order valence-corrected chi connectivity index (χ3v) is 5.00. The Morgan fingerprint density at radius 1 is 0.966 bits per heavy atom. The van der Waals surface area contributed by atoms with E-state index in [1.807, 2.05) is 30.3 Å². The Bertz CT molecular complexity index is 1230. The van der Waals surface area contributed by atoms with Gasteiger partial charge in [-0.15, -0.1) is 0 Å². The molecule has 4 rings (SSSR count). The molecule has 0 unspecified atom stereocenters. The summed E-state index contributed by atoms with van der Waals surface area (Å²) in [5.41, 5.74) is 5.94. The van der Waals surface area contributed by atoms with Crippen LogP contribution in [0.2, 0.25) is 10.0 Å². The number of hydrogen-bond acceptors (Lipinski definition) is 4. The van der Waals surface area contributed by atoms with Gasteiger partial charge in [0.05, 0.1) is 33.0 Å². The highest BCUT2D eigenvalue weighted by molar-refractivity contribution is 6.42. The number of pyridine rings is 2. The highest BCUT2D eigenvalue weighted by atomic mass is 35.5. The molecule has 0 atom stereocenters. The molecule has 5 nitrogen and oxygen atoms in total. The molecule has 0 aliphatic heterocycles. The highest BCUT2D eigenvalue weighted by Gasteiger charge is 2.14. The van der Waals surface area contributed by atoms with E-state index in [4.69, 9.17) is 23.2 Å². The third-order valence-electron chi connectivity index (χ3n) is 4.26. The van der Waals surface area contributed by atoms with Gasteiger partial charge in [-0.3, -0.25) is 9.78 Å². The minimum atomic E-state index is -0.338. The molecule has 7 heteroatoms. The van der Waals surface area contributed by atoms with Gasteiger partial charge in [-0.2, -0.15) is 5.10 Å². The van der Waals surface area contributed by atoms with Crippen LogP contribution in [0.1, 0.15) is 15.9 Å². The van der Waals surface area contributed by atoms with E-state index < -0.39 is 0 Å². The SMILES string of the molecule is O=C(N/N=C/c1ccncc1)c1cc(-c2ccc(Cl)c(Cl)c2)nc2ccccc12. The molecule has 4 aromatic rings. The fourth-order valence-electron chi connectivity index (χ4n) is 2.84.